The first-order valence-electron chi connectivity index (χ1n) is 23.4. The third-order valence-corrected chi connectivity index (χ3v) is 15.3. The second kappa shape index (κ2) is 17.7. The maximum absolute atomic E-state index is 2.56. The van der Waals surface area contributed by atoms with Gasteiger partial charge in [0, 0.05) is 5.92 Å². The van der Waals surface area contributed by atoms with E-state index in [9.17, 15) is 0 Å². The molecule has 0 N–H and O–H groups in total. The van der Waals surface area contributed by atoms with Crippen molar-refractivity contribution in [2.45, 2.75) is 150 Å². The molecule has 0 aromatic heterocycles. The Morgan fingerprint density at radius 2 is 1.18 bits per heavy atom. The van der Waals surface area contributed by atoms with Crippen LogP contribution in [0.1, 0.15) is 164 Å². The first-order valence-corrected chi connectivity index (χ1v) is 23.4. The lowest BCUT2D eigenvalue weighted by Gasteiger charge is -2.29. The van der Waals surface area contributed by atoms with Gasteiger partial charge in [0.25, 0.3) is 0 Å². The molecule has 0 nitrogen and oxygen atoms in total. The molecule has 7 rings (SSSR count). The van der Waals surface area contributed by atoms with Crippen LogP contribution >= 0.6 is 0 Å². The number of benzene rings is 6. The standard InChI is InChI=1S/C60H72/c1-12-59(10,13-2)47-29-22-43(23-30-47)24-37-51(45-25-31-46(32-26-45)58(7,8)9)57-55-19-17-16-18-52(55)53(54-35-20-41(5)40-56(54)57)39-38-50(49-36-21-42(49)6)44-27-33-48(34-28-44)60(11,14-3)15-4/h16-20,22-23,25-36,38,40,42,51H,12-15,21,24,37,39H2,1-11H3/b50-38+/t42-,51?/m0/s1. The third-order valence-electron chi connectivity index (χ3n) is 15.3. The van der Waals surface area contributed by atoms with Crippen molar-refractivity contribution < 1.29 is 0 Å². The molecule has 0 saturated heterocycles. The molecule has 0 aliphatic heterocycles. The summed E-state index contributed by atoms with van der Waals surface area (Å²) in [5.41, 5.74) is 16.1. The van der Waals surface area contributed by atoms with E-state index in [0.717, 1.165) is 51.4 Å². The van der Waals surface area contributed by atoms with Gasteiger partial charge in [-0.25, -0.2) is 0 Å². The van der Waals surface area contributed by atoms with Crippen LogP contribution in [-0.2, 0) is 29.1 Å². The Balaban J connectivity index is 1.36. The minimum atomic E-state index is 0.104. The smallest absolute Gasteiger partial charge is 0.0105 e. The van der Waals surface area contributed by atoms with E-state index in [-0.39, 0.29) is 22.2 Å². The van der Waals surface area contributed by atoms with Crippen LogP contribution in [0, 0.1) is 12.8 Å². The summed E-state index contributed by atoms with van der Waals surface area (Å²) in [6.45, 7) is 25.7. The molecular formula is C60H72. The third kappa shape index (κ3) is 8.59. The summed E-state index contributed by atoms with van der Waals surface area (Å²) in [6, 6.07) is 45.4. The molecule has 312 valence electrons. The second-order valence-electron chi connectivity index (χ2n) is 19.9. The van der Waals surface area contributed by atoms with E-state index in [4.69, 9.17) is 0 Å². The fraction of sp³-hybridized carbons (Fsp3) is 0.400. The van der Waals surface area contributed by atoms with Crippen LogP contribution in [0.15, 0.2) is 133 Å². The molecule has 0 bridgehead atoms. The molecule has 60 heavy (non-hydrogen) atoms. The van der Waals surface area contributed by atoms with Crippen LogP contribution < -0.4 is 0 Å². The molecule has 0 fully saturated rings. The molecule has 0 amide bonds. The second-order valence-corrected chi connectivity index (χ2v) is 19.9. The molecule has 0 heteroatoms. The number of rotatable bonds is 15. The van der Waals surface area contributed by atoms with Gasteiger partial charge in [-0.2, -0.15) is 0 Å². The van der Waals surface area contributed by atoms with Gasteiger partial charge in [0.1, 0.15) is 0 Å². The maximum atomic E-state index is 2.56. The SMILES string of the molecule is CCC(C)(CC)c1ccc(CCC(c2ccc(C(C)(C)C)cc2)c2c3ccccc3c(C/C=C(/C3=CC[C@@H]3C)c3ccc(C(C)(CC)CC)cc3)c3ccc(C)cc23)cc1. The van der Waals surface area contributed by atoms with Gasteiger partial charge >= 0.3 is 0 Å². The molecule has 0 radical (unpaired) electrons. The Labute approximate surface area is 364 Å². The summed E-state index contributed by atoms with van der Waals surface area (Å²) >= 11 is 0. The highest BCUT2D eigenvalue weighted by atomic mass is 14.3. The Hall–Kier alpha value is -4.68. The molecule has 0 saturated carbocycles. The zero-order chi connectivity index (χ0) is 42.8. The van der Waals surface area contributed by atoms with Gasteiger partial charge in [0.15, 0.2) is 0 Å². The zero-order valence-electron chi connectivity index (χ0n) is 38.9. The van der Waals surface area contributed by atoms with Crippen molar-refractivity contribution in [2.24, 2.45) is 5.92 Å². The van der Waals surface area contributed by atoms with Crippen molar-refractivity contribution in [1.29, 1.82) is 0 Å². The molecular weight excluding hydrogens is 721 g/mol. The minimum absolute atomic E-state index is 0.104. The van der Waals surface area contributed by atoms with Crippen molar-refractivity contribution in [3.8, 4) is 0 Å². The van der Waals surface area contributed by atoms with Gasteiger partial charge in [-0.05, 0) is 158 Å². The summed E-state index contributed by atoms with van der Waals surface area (Å²) < 4.78 is 0. The summed E-state index contributed by atoms with van der Waals surface area (Å²) in [4.78, 5) is 0. The van der Waals surface area contributed by atoms with Crippen LogP contribution in [0.2, 0.25) is 0 Å². The van der Waals surface area contributed by atoms with E-state index in [0.29, 0.717) is 5.92 Å². The Morgan fingerprint density at radius 3 is 1.72 bits per heavy atom. The van der Waals surface area contributed by atoms with Gasteiger partial charge in [0.2, 0.25) is 0 Å². The van der Waals surface area contributed by atoms with Crippen LogP contribution in [-0.4, -0.2) is 0 Å². The maximum Gasteiger partial charge on any atom is 0.0105 e. The van der Waals surface area contributed by atoms with Crippen LogP contribution in [0.4, 0.5) is 0 Å². The highest BCUT2D eigenvalue weighted by Gasteiger charge is 2.27. The van der Waals surface area contributed by atoms with Crippen LogP contribution in [0.5, 0.6) is 0 Å². The number of hydrogen-bond donors (Lipinski definition) is 0. The molecule has 1 aliphatic carbocycles. The van der Waals surface area contributed by atoms with Gasteiger partial charge in [0.05, 0.1) is 0 Å². The van der Waals surface area contributed by atoms with Crippen molar-refractivity contribution in [3.05, 3.63) is 183 Å². The first kappa shape index (κ1) is 43.4. The topological polar surface area (TPSA) is 0 Å². The number of aryl methyl sites for hydroxylation is 2. The Bertz CT molecular complexity index is 2470. The quantitative estimate of drug-likeness (QED) is 0.0909. The summed E-state index contributed by atoms with van der Waals surface area (Å²) in [6.07, 6.45) is 13.7. The zero-order valence-corrected chi connectivity index (χ0v) is 38.9. The lowest BCUT2D eigenvalue weighted by molar-refractivity contribution is 0.439. The fourth-order valence-electron chi connectivity index (χ4n) is 9.91. The van der Waals surface area contributed by atoms with Crippen molar-refractivity contribution in [3.63, 3.8) is 0 Å². The molecule has 0 spiro atoms. The van der Waals surface area contributed by atoms with Crippen molar-refractivity contribution in [2.75, 3.05) is 0 Å². The summed E-state index contributed by atoms with van der Waals surface area (Å²) in [5, 5.41) is 5.56. The fourth-order valence-corrected chi connectivity index (χ4v) is 9.91. The number of allylic oxidation sites excluding steroid dienone is 4. The normalized spacial score (nSPS) is 15.6. The summed E-state index contributed by atoms with van der Waals surface area (Å²) in [7, 11) is 0. The highest BCUT2D eigenvalue weighted by molar-refractivity contribution is 6.07. The predicted octanol–water partition coefficient (Wildman–Crippen LogP) is 17.1. The van der Waals surface area contributed by atoms with E-state index in [1.807, 2.05) is 0 Å². The van der Waals surface area contributed by atoms with Gasteiger partial charge in [-0.3, -0.25) is 0 Å². The summed E-state index contributed by atoms with van der Waals surface area (Å²) in [5.74, 6) is 0.816. The molecule has 1 unspecified atom stereocenters. The molecule has 0 heterocycles. The molecule has 1 aliphatic rings. The van der Waals surface area contributed by atoms with Crippen LogP contribution in [0.25, 0.3) is 27.1 Å². The van der Waals surface area contributed by atoms with Crippen LogP contribution in [0.3, 0.4) is 0 Å². The van der Waals surface area contributed by atoms with E-state index < -0.39 is 0 Å². The molecule has 6 aromatic rings. The lowest BCUT2D eigenvalue weighted by Crippen LogP contribution is -2.19. The van der Waals surface area contributed by atoms with Gasteiger partial charge < -0.3 is 0 Å². The first-order chi connectivity index (χ1) is 28.7. The monoisotopic (exact) mass is 793 g/mol. The largest absolute Gasteiger partial charge is 0.0798 e. The number of hydrogen-bond acceptors (Lipinski definition) is 0. The molecule has 6 aromatic carbocycles. The van der Waals surface area contributed by atoms with Crippen molar-refractivity contribution in [1.82, 2.24) is 0 Å². The van der Waals surface area contributed by atoms with Gasteiger partial charge in [-0.15, -0.1) is 0 Å². The average molecular weight is 793 g/mol. The van der Waals surface area contributed by atoms with Gasteiger partial charge in [-0.1, -0.05) is 202 Å². The minimum Gasteiger partial charge on any atom is -0.0798 e. The number of fused-ring (bicyclic) bond motifs is 2. The Morgan fingerprint density at radius 1 is 0.633 bits per heavy atom. The predicted molar refractivity (Wildman–Crippen MR) is 264 cm³/mol. The Kier molecular flexibility index (Phi) is 12.8. The van der Waals surface area contributed by atoms with Crippen molar-refractivity contribution >= 4 is 27.1 Å². The highest BCUT2D eigenvalue weighted by Crippen LogP contribution is 2.44. The van der Waals surface area contributed by atoms with E-state index in [1.54, 1.807) is 0 Å². The van der Waals surface area contributed by atoms with E-state index in [2.05, 4.69) is 204 Å². The van der Waals surface area contributed by atoms with E-state index >= 15 is 0 Å². The lowest BCUT2D eigenvalue weighted by atomic mass is 9.75. The average Bonchev–Trinajstić information content (AvgIpc) is 3.26. The molecule has 2 atom stereocenters. The van der Waals surface area contributed by atoms with E-state index in [1.165, 1.54) is 82.8 Å².